The molecule has 0 amide bonds. The molecule has 2 heterocycles. The first kappa shape index (κ1) is 24.4. The zero-order valence-corrected chi connectivity index (χ0v) is 23.0. The first-order valence-corrected chi connectivity index (χ1v) is 14.4. The minimum absolute atomic E-state index is 0.126. The van der Waals surface area contributed by atoms with E-state index in [2.05, 4.69) is 144 Å². The number of furan rings is 1. The van der Waals surface area contributed by atoms with E-state index in [1.165, 1.54) is 22.3 Å². The van der Waals surface area contributed by atoms with Crippen LogP contribution in [0.2, 0.25) is 0 Å². The molecule has 1 aliphatic rings. The van der Waals surface area contributed by atoms with Gasteiger partial charge in [0.25, 0.3) is 0 Å². The third kappa shape index (κ3) is 4.27. The van der Waals surface area contributed by atoms with Crippen LogP contribution in [0.3, 0.4) is 0 Å². The van der Waals surface area contributed by atoms with Crippen LogP contribution in [0, 0.1) is 0 Å². The number of aromatic nitrogens is 1. The van der Waals surface area contributed by atoms with E-state index in [-0.39, 0.29) is 6.04 Å². The molecule has 0 aliphatic heterocycles. The predicted octanol–water partition coefficient (Wildman–Crippen LogP) is 10.4. The molecule has 0 spiro atoms. The van der Waals surface area contributed by atoms with E-state index in [1.54, 1.807) is 0 Å². The Kier molecular flexibility index (Phi) is 5.93. The molecule has 0 bridgehead atoms. The Labute approximate surface area is 244 Å². The van der Waals surface area contributed by atoms with Crippen molar-refractivity contribution in [3.05, 3.63) is 157 Å². The number of pyridine rings is 1. The standard InChI is InChI=1S/C39H28N2O/c1-3-10-27(11-4-1)30-14-7-17-32(24-30)41(33-18-8-15-31(25-33)28-12-5-2-6-13-28)34-20-21-35-37(26-34)42-36-22-19-29-16-9-23-40-39(29)38(35)36/h1-24,26,33H,25H2. The molecule has 0 N–H and O–H groups in total. The molecular weight excluding hydrogens is 512 g/mol. The molecule has 3 nitrogen and oxygen atoms in total. The highest BCUT2D eigenvalue weighted by Crippen LogP contribution is 2.40. The van der Waals surface area contributed by atoms with E-state index in [4.69, 9.17) is 9.40 Å². The van der Waals surface area contributed by atoms with Crippen molar-refractivity contribution in [2.45, 2.75) is 12.5 Å². The number of allylic oxidation sites excluding steroid dienone is 2. The smallest absolute Gasteiger partial charge is 0.137 e. The van der Waals surface area contributed by atoms with Crippen LogP contribution in [0.4, 0.5) is 11.4 Å². The molecule has 0 fully saturated rings. The van der Waals surface area contributed by atoms with Gasteiger partial charge in [0.2, 0.25) is 0 Å². The summed E-state index contributed by atoms with van der Waals surface area (Å²) in [5.74, 6) is 0. The van der Waals surface area contributed by atoms with Crippen molar-refractivity contribution in [2.75, 3.05) is 4.90 Å². The first-order valence-electron chi connectivity index (χ1n) is 14.4. The van der Waals surface area contributed by atoms with Crippen molar-refractivity contribution < 1.29 is 4.42 Å². The number of anilines is 2. The van der Waals surface area contributed by atoms with Gasteiger partial charge < -0.3 is 9.32 Å². The Morgan fingerprint density at radius 1 is 0.643 bits per heavy atom. The first-order chi connectivity index (χ1) is 20.8. The molecule has 8 rings (SSSR count). The molecule has 1 unspecified atom stereocenters. The normalized spacial score (nSPS) is 14.9. The molecule has 1 atom stereocenters. The van der Waals surface area contributed by atoms with Gasteiger partial charge in [-0.1, -0.05) is 97.1 Å². The molecule has 5 aromatic carbocycles. The molecule has 42 heavy (non-hydrogen) atoms. The Bertz CT molecular complexity index is 2120. The lowest BCUT2D eigenvalue weighted by Crippen LogP contribution is -2.30. The van der Waals surface area contributed by atoms with Crippen molar-refractivity contribution in [2.24, 2.45) is 0 Å². The van der Waals surface area contributed by atoms with Crippen LogP contribution >= 0.6 is 0 Å². The maximum absolute atomic E-state index is 6.46. The lowest BCUT2D eigenvalue weighted by atomic mass is 9.92. The minimum atomic E-state index is 0.126. The summed E-state index contributed by atoms with van der Waals surface area (Å²) in [6.07, 6.45) is 9.49. The second kappa shape index (κ2) is 10.2. The lowest BCUT2D eigenvalue weighted by molar-refractivity contribution is 0.668. The molecule has 2 aromatic heterocycles. The molecular formula is C39H28N2O. The Morgan fingerprint density at radius 3 is 2.29 bits per heavy atom. The summed E-state index contributed by atoms with van der Waals surface area (Å²) in [6, 6.07) is 45.1. The minimum Gasteiger partial charge on any atom is -0.456 e. The summed E-state index contributed by atoms with van der Waals surface area (Å²) in [5, 5.41) is 3.27. The van der Waals surface area contributed by atoms with Crippen molar-refractivity contribution in [3.8, 4) is 11.1 Å². The number of nitrogens with zero attached hydrogens (tertiary/aromatic N) is 2. The highest BCUT2D eigenvalue weighted by Gasteiger charge is 2.24. The van der Waals surface area contributed by atoms with Gasteiger partial charge in [-0.3, -0.25) is 4.98 Å². The average molecular weight is 541 g/mol. The van der Waals surface area contributed by atoms with E-state index in [9.17, 15) is 0 Å². The van der Waals surface area contributed by atoms with E-state index >= 15 is 0 Å². The molecule has 200 valence electrons. The van der Waals surface area contributed by atoms with E-state index in [1.807, 2.05) is 12.3 Å². The van der Waals surface area contributed by atoms with Crippen LogP contribution in [0.1, 0.15) is 12.0 Å². The van der Waals surface area contributed by atoms with Crippen molar-refractivity contribution in [1.29, 1.82) is 0 Å². The zero-order chi connectivity index (χ0) is 27.9. The second-order valence-electron chi connectivity index (χ2n) is 10.8. The molecule has 3 heteroatoms. The molecule has 0 saturated carbocycles. The van der Waals surface area contributed by atoms with Crippen LogP contribution in [-0.2, 0) is 0 Å². The summed E-state index contributed by atoms with van der Waals surface area (Å²) in [4.78, 5) is 7.15. The Hall–Kier alpha value is -5.41. The maximum Gasteiger partial charge on any atom is 0.137 e. The van der Waals surface area contributed by atoms with Gasteiger partial charge in [-0.2, -0.15) is 0 Å². The topological polar surface area (TPSA) is 29.3 Å². The van der Waals surface area contributed by atoms with Crippen LogP contribution in [0.5, 0.6) is 0 Å². The Morgan fingerprint density at radius 2 is 1.43 bits per heavy atom. The Balaban J connectivity index is 1.27. The van der Waals surface area contributed by atoms with Crippen molar-refractivity contribution in [1.82, 2.24) is 4.98 Å². The van der Waals surface area contributed by atoms with Crippen molar-refractivity contribution in [3.63, 3.8) is 0 Å². The van der Waals surface area contributed by atoms with Crippen molar-refractivity contribution >= 4 is 49.8 Å². The van der Waals surface area contributed by atoms with Gasteiger partial charge in [0.05, 0.1) is 16.9 Å². The SMILES string of the molecule is C1=CC(N(c2cccc(-c3ccccc3)c2)c2ccc3c(c2)oc2ccc4cccnc4c23)CC(c2ccccc2)=C1. The lowest BCUT2D eigenvalue weighted by Gasteiger charge is -2.34. The van der Waals surface area contributed by atoms with Gasteiger partial charge >= 0.3 is 0 Å². The fourth-order valence-electron chi connectivity index (χ4n) is 6.25. The van der Waals surface area contributed by atoms with Crippen LogP contribution in [-0.4, -0.2) is 11.0 Å². The summed E-state index contributed by atoms with van der Waals surface area (Å²) in [7, 11) is 0. The zero-order valence-electron chi connectivity index (χ0n) is 23.0. The number of rotatable bonds is 5. The third-order valence-corrected chi connectivity index (χ3v) is 8.24. The second-order valence-corrected chi connectivity index (χ2v) is 10.8. The number of hydrogen-bond donors (Lipinski definition) is 0. The summed E-state index contributed by atoms with van der Waals surface area (Å²) >= 11 is 0. The third-order valence-electron chi connectivity index (χ3n) is 8.24. The van der Waals surface area contributed by atoms with Gasteiger partial charge in [-0.15, -0.1) is 0 Å². The number of hydrogen-bond acceptors (Lipinski definition) is 3. The predicted molar refractivity (Wildman–Crippen MR) is 175 cm³/mol. The largest absolute Gasteiger partial charge is 0.456 e. The van der Waals surface area contributed by atoms with Gasteiger partial charge in [0.1, 0.15) is 11.2 Å². The van der Waals surface area contributed by atoms with E-state index in [0.29, 0.717) is 0 Å². The molecule has 7 aromatic rings. The monoisotopic (exact) mass is 540 g/mol. The summed E-state index contributed by atoms with van der Waals surface area (Å²) in [6.45, 7) is 0. The van der Waals surface area contributed by atoms with Crippen LogP contribution in [0.25, 0.3) is 49.5 Å². The highest BCUT2D eigenvalue weighted by molar-refractivity contribution is 6.17. The quantitative estimate of drug-likeness (QED) is 0.217. The average Bonchev–Trinajstić information content (AvgIpc) is 3.45. The maximum atomic E-state index is 6.46. The molecule has 0 saturated heterocycles. The van der Waals surface area contributed by atoms with Gasteiger partial charge in [0, 0.05) is 34.4 Å². The van der Waals surface area contributed by atoms with Gasteiger partial charge in [0.15, 0.2) is 0 Å². The fraction of sp³-hybridized carbons (Fsp3) is 0.0513. The van der Waals surface area contributed by atoms with E-state index in [0.717, 1.165) is 50.6 Å². The highest BCUT2D eigenvalue weighted by atomic mass is 16.3. The van der Waals surface area contributed by atoms with Gasteiger partial charge in [-0.25, -0.2) is 0 Å². The molecule has 1 aliphatic carbocycles. The fourth-order valence-corrected chi connectivity index (χ4v) is 6.25. The molecule has 0 radical (unpaired) electrons. The number of fused-ring (bicyclic) bond motifs is 5. The van der Waals surface area contributed by atoms with E-state index < -0.39 is 0 Å². The summed E-state index contributed by atoms with van der Waals surface area (Å²) < 4.78 is 6.46. The summed E-state index contributed by atoms with van der Waals surface area (Å²) in [5.41, 5.74) is 9.92. The van der Waals surface area contributed by atoms with Gasteiger partial charge in [-0.05, 0) is 71.1 Å². The van der Waals surface area contributed by atoms with Crippen LogP contribution < -0.4 is 4.90 Å². The number of benzene rings is 5. The van der Waals surface area contributed by atoms with Crippen LogP contribution in [0.15, 0.2) is 156 Å².